The molecule has 0 aromatic heterocycles. The molecule has 0 atom stereocenters. The molecule has 6 heteroatoms. The first-order chi connectivity index (χ1) is 12.1. The zero-order valence-electron chi connectivity index (χ0n) is 14.0. The summed E-state index contributed by atoms with van der Waals surface area (Å²) in [5.74, 6) is -0.313. The van der Waals surface area contributed by atoms with E-state index in [4.69, 9.17) is 0 Å². The molecule has 25 heavy (non-hydrogen) atoms. The number of nitrogens with one attached hydrogen (secondary N) is 3. The minimum absolute atomic E-state index is 0.0158. The van der Waals surface area contributed by atoms with Crippen LogP contribution in [0.1, 0.15) is 5.56 Å². The van der Waals surface area contributed by atoms with E-state index in [1.54, 1.807) is 17.0 Å². The van der Waals surface area contributed by atoms with E-state index >= 15 is 0 Å². The summed E-state index contributed by atoms with van der Waals surface area (Å²) in [4.78, 5) is 15.0. The zero-order valence-corrected chi connectivity index (χ0v) is 15.6. The van der Waals surface area contributed by atoms with Crippen LogP contribution in [0, 0.1) is 5.82 Å². The lowest BCUT2D eigenvalue weighted by Crippen LogP contribution is -3.28. The third-order valence-electron chi connectivity index (χ3n) is 4.57. The summed E-state index contributed by atoms with van der Waals surface area (Å²) in [5, 5.41) is 2.84. The van der Waals surface area contributed by atoms with Gasteiger partial charge in [0.15, 0.2) is 6.54 Å². The Hall–Kier alpha value is -1.76. The molecule has 1 heterocycles. The number of hydrogen-bond donors (Lipinski definition) is 3. The van der Waals surface area contributed by atoms with Crippen molar-refractivity contribution in [2.24, 2.45) is 0 Å². The normalized spacial score (nSPS) is 20.2. The summed E-state index contributed by atoms with van der Waals surface area (Å²) in [6.07, 6.45) is 0. The van der Waals surface area contributed by atoms with Crippen molar-refractivity contribution in [3.63, 3.8) is 0 Å². The average molecular weight is 408 g/mol. The van der Waals surface area contributed by atoms with Gasteiger partial charge in [0.05, 0.1) is 0 Å². The topological polar surface area (TPSA) is 38.0 Å². The molecule has 2 aromatic rings. The second-order valence-corrected chi connectivity index (χ2v) is 7.45. The van der Waals surface area contributed by atoms with Crippen LogP contribution < -0.4 is 15.1 Å². The molecule has 0 unspecified atom stereocenters. The molecule has 1 aliphatic rings. The first kappa shape index (κ1) is 18.0. The fourth-order valence-corrected chi connectivity index (χ4v) is 3.43. The molecule has 0 radical (unpaired) electrons. The second-order valence-electron chi connectivity index (χ2n) is 6.54. The summed E-state index contributed by atoms with van der Waals surface area (Å²) in [5.41, 5.74) is 1.99. The van der Waals surface area contributed by atoms with Crippen molar-refractivity contribution in [3.8, 4) is 0 Å². The SMILES string of the molecule is O=C(C[NH+]1CC[NH+](Cc2ccc(Br)cc2)CC1)Nc1ccc(F)cc1. The van der Waals surface area contributed by atoms with Gasteiger partial charge in [-0.05, 0) is 36.4 Å². The quantitative estimate of drug-likeness (QED) is 0.663. The van der Waals surface area contributed by atoms with Crippen LogP contribution in [0.15, 0.2) is 53.0 Å². The van der Waals surface area contributed by atoms with Gasteiger partial charge >= 0.3 is 0 Å². The highest BCUT2D eigenvalue weighted by Gasteiger charge is 2.24. The molecule has 0 spiro atoms. The Morgan fingerprint density at radius 3 is 2.20 bits per heavy atom. The zero-order chi connectivity index (χ0) is 17.6. The maximum absolute atomic E-state index is 12.9. The van der Waals surface area contributed by atoms with E-state index in [0.717, 1.165) is 37.2 Å². The highest BCUT2D eigenvalue weighted by molar-refractivity contribution is 9.10. The highest BCUT2D eigenvalue weighted by atomic mass is 79.9. The third kappa shape index (κ3) is 5.63. The lowest BCUT2D eigenvalue weighted by molar-refractivity contribution is -1.02. The van der Waals surface area contributed by atoms with Crippen LogP contribution in [0.5, 0.6) is 0 Å². The minimum atomic E-state index is -0.298. The van der Waals surface area contributed by atoms with E-state index in [2.05, 4.69) is 45.5 Å². The van der Waals surface area contributed by atoms with Crippen LogP contribution in [-0.4, -0.2) is 38.6 Å². The van der Waals surface area contributed by atoms with E-state index in [1.165, 1.54) is 22.6 Å². The van der Waals surface area contributed by atoms with E-state index < -0.39 is 0 Å². The number of quaternary nitrogens is 2. The predicted molar refractivity (Wildman–Crippen MR) is 99.1 cm³/mol. The number of amides is 1. The Labute approximate surface area is 155 Å². The second kappa shape index (κ2) is 8.56. The lowest BCUT2D eigenvalue weighted by atomic mass is 10.2. The Morgan fingerprint density at radius 1 is 0.960 bits per heavy atom. The molecule has 3 rings (SSSR count). The number of halogens is 2. The fraction of sp³-hybridized carbons (Fsp3) is 0.316. The van der Waals surface area contributed by atoms with Crippen LogP contribution in [0.25, 0.3) is 0 Å². The first-order valence-corrected chi connectivity index (χ1v) is 9.35. The Bertz CT molecular complexity index is 698. The van der Waals surface area contributed by atoms with Crippen molar-refractivity contribution < 1.29 is 19.0 Å². The summed E-state index contributed by atoms with van der Waals surface area (Å²) in [6.45, 7) is 5.60. The van der Waals surface area contributed by atoms with Gasteiger partial charge in [-0.25, -0.2) is 4.39 Å². The molecule has 1 aliphatic heterocycles. The molecule has 4 nitrogen and oxygen atoms in total. The van der Waals surface area contributed by atoms with Crippen molar-refractivity contribution in [1.82, 2.24) is 0 Å². The number of rotatable bonds is 5. The van der Waals surface area contributed by atoms with Gasteiger partial charge in [0.1, 0.15) is 38.5 Å². The van der Waals surface area contributed by atoms with Gasteiger partial charge in [0, 0.05) is 15.7 Å². The number of anilines is 1. The Morgan fingerprint density at radius 2 is 1.56 bits per heavy atom. The van der Waals surface area contributed by atoms with Crippen molar-refractivity contribution >= 4 is 27.5 Å². The van der Waals surface area contributed by atoms with Gasteiger partial charge in [-0.1, -0.05) is 28.1 Å². The molecule has 0 bridgehead atoms. The van der Waals surface area contributed by atoms with E-state index in [-0.39, 0.29) is 11.7 Å². The van der Waals surface area contributed by atoms with Crippen LogP contribution in [0.4, 0.5) is 10.1 Å². The van der Waals surface area contributed by atoms with E-state index in [1.807, 2.05) is 0 Å². The minimum Gasteiger partial charge on any atom is -0.322 e. The summed E-state index contributed by atoms with van der Waals surface area (Å²) in [7, 11) is 0. The molecule has 1 saturated heterocycles. The molecule has 2 aromatic carbocycles. The van der Waals surface area contributed by atoms with Crippen LogP contribution in [0.2, 0.25) is 0 Å². The van der Waals surface area contributed by atoms with Gasteiger partial charge in [-0.3, -0.25) is 4.79 Å². The van der Waals surface area contributed by atoms with Crippen molar-refractivity contribution in [2.45, 2.75) is 6.54 Å². The van der Waals surface area contributed by atoms with Crippen LogP contribution in [-0.2, 0) is 11.3 Å². The molecule has 0 saturated carbocycles. The van der Waals surface area contributed by atoms with Gasteiger partial charge in [-0.2, -0.15) is 0 Å². The van der Waals surface area contributed by atoms with Crippen molar-refractivity contribution in [2.75, 3.05) is 38.0 Å². The molecular weight excluding hydrogens is 385 g/mol. The molecule has 3 N–H and O–H groups in total. The highest BCUT2D eigenvalue weighted by Crippen LogP contribution is 2.09. The number of piperazine rings is 1. The first-order valence-electron chi connectivity index (χ1n) is 8.55. The predicted octanol–water partition coefficient (Wildman–Crippen LogP) is 0.510. The van der Waals surface area contributed by atoms with Gasteiger partial charge in [-0.15, -0.1) is 0 Å². The monoisotopic (exact) mass is 407 g/mol. The maximum Gasteiger partial charge on any atom is 0.279 e. The molecule has 1 fully saturated rings. The van der Waals surface area contributed by atoms with Gasteiger partial charge < -0.3 is 15.1 Å². The maximum atomic E-state index is 12.9. The molecular formula is C19H23BrFN3O+2. The average Bonchev–Trinajstić information content (AvgIpc) is 2.61. The summed E-state index contributed by atoms with van der Waals surface area (Å²) in [6, 6.07) is 14.4. The number of carbonyl (C=O) groups excluding carboxylic acids is 1. The van der Waals surface area contributed by atoms with Crippen LogP contribution >= 0.6 is 15.9 Å². The van der Waals surface area contributed by atoms with Gasteiger partial charge in [0.25, 0.3) is 5.91 Å². The van der Waals surface area contributed by atoms with Crippen LogP contribution in [0.3, 0.4) is 0 Å². The molecule has 1 amide bonds. The van der Waals surface area contributed by atoms with E-state index in [9.17, 15) is 9.18 Å². The molecule has 0 aliphatic carbocycles. The summed E-state index contributed by atoms with van der Waals surface area (Å²) < 4.78 is 14.0. The van der Waals surface area contributed by atoms with E-state index in [0.29, 0.717) is 12.2 Å². The fourth-order valence-electron chi connectivity index (χ4n) is 3.17. The lowest BCUT2D eigenvalue weighted by Gasteiger charge is -2.29. The number of hydrogen-bond acceptors (Lipinski definition) is 1. The van der Waals surface area contributed by atoms with Gasteiger partial charge in [0.2, 0.25) is 0 Å². The largest absolute Gasteiger partial charge is 0.322 e. The van der Waals surface area contributed by atoms with Crippen molar-refractivity contribution in [1.29, 1.82) is 0 Å². The Balaban J connectivity index is 1.42. The smallest absolute Gasteiger partial charge is 0.279 e. The standard InChI is InChI=1S/C19H21BrFN3O/c20-16-3-1-15(2-4-16)13-23-9-11-24(12-10-23)14-19(25)22-18-7-5-17(21)6-8-18/h1-8H,9-14H2,(H,22,25)/p+2. The molecule has 132 valence electrons. The summed E-state index contributed by atoms with van der Waals surface area (Å²) >= 11 is 3.46. The third-order valence-corrected chi connectivity index (χ3v) is 5.10. The number of carbonyl (C=O) groups is 1. The Kier molecular flexibility index (Phi) is 6.18. The number of benzene rings is 2. The van der Waals surface area contributed by atoms with Crippen molar-refractivity contribution in [3.05, 3.63) is 64.4 Å².